The number of hydrogen-bond donors (Lipinski definition) is 1. The van der Waals surface area contributed by atoms with Crippen molar-refractivity contribution in [1.29, 1.82) is 0 Å². The van der Waals surface area contributed by atoms with Gasteiger partial charge in [0.05, 0.1) is 5.02 Å². The number of Topliss-reactive ketones (excluding diaryl/α,β-unsaturated/α-hetero) is 1. The minimum atomic E-state index is -0.460. The largest absolute Gasteiger partial charge is 0.361 e. The summed E-state index contributed by atoms with van der Waals surface area (Å²) in [4.78, 5) is 16.9. The number of carbonyl (C=O) groups excluding carboxylic acids is 1. The number of ketones is 1. The van der Waals surface area contributed by atoms with Crippen molar-refractivity contribution in [1.82, 2.24) is 4.98 Å². The van der Waals surface area contributed by atoms with E-state index in [1.165, 1.54) is 0 Å². The van der Waals surface area contributed by atoms with E-state index in [1.807, 2.05) is 18.2 Å². The quantitative estimate of drug-likeness (QED) is 0.358. The van der Waals surface area contributed by atoms with Gasteiger partial charge in [0.2, 0.25) is 0 Å². The summed E-state index contributed by atoms with van der Waals surface area (Å²) in [6, 6.07) is 7.29. The second-order valence-electron chi connectivity index (χ2n) is 2.97. The van der Waals surface area contributed by atoms with Crippen LogP contribution >= 0.6 is 11.6 Å². The monoisotopic (exact) mass is 219 g/mol. The van der Waals surface area contributed by atoms with Gasteiger partial charge in [-0.25, -0.2) is 0 Å². The number of hydrogen-bond acceptors (Lipinski definition) is 1. The zero-order valence-corrected chi connectivity index (χ0v) is 8.32. The molecule has 0 atom stereocenters. The summed E-state index contributed by atoms with van der Waals surface area (Å²) in [5.74, 6) is -0.460. The molecule has 0 unspecified atom stereocenters. The molecule has 0 amide bonds. The summed E-state index contributed by atoms with van der Waals surface area (Å²) in [5, 5.41) is 1.12. The molecule has 0 fully saturated rings. The predicted molar refractivity (Wildman–Crippen MR) is 57.3 cm³/mol. The van der Waals surface area contributed by atoms with E-state index in [-0.39, 0.29) is 5.69 Å². The number of rotatable bonds is 2. The molecule has 0 aliphatic carbocycles. The van der Waals surface area contributed by atoms with E-state index in [0.717, 1.165) is 17.1 Å². The minimum absolute atomic E-state index is 0.232. The third-order valence-corrected chi connectivity index (χ3v) is 2.46. The van der Waals surface area contributed by atoms with E-state index in [0.29, 0.717) is 5.02 Å². The van der Waals surface area contributed by atoms with Gasteiger partial charge >= 0.3 is 6.21 Å². The summed E-state index contributed by atoms with van der Waals surface area (Å²) in [7, 11) is 0. The number of carbonyl (C=O) groups is 1. The van der Waals surface area contributed by atoms with Crippen molar-refractivity contribution in [3.05, 3.63) is 40.5 Å². The van der Waals surface area contributed by atoms with Crippen molar-refractivity contribution in [2.45, 2.75) is 0 Å². The van der Waals surface area contributed by atoms with Gasteiger partial charge in [0.1, 0.15) is 5.69 Å². The van der Waals surface area contributed by atoms with Gasteiger partial charge < -0.3 is 10.5 Å². The molecule has 0 aliphatic heterocycles. The molecule has 2 rings (SSSR count). The van der Waals surface area contributed by atoms with Crippen LogP contribution in [0.4, 0.5) is 0 Å². The minimum Gasteiger partial charge on any atom is -0.361 e. The highest BCUT2D eigenvalue weighted by atomic mass is 35.5. The van der Waals surface area contributed by atoms with Gasteiger partial charge in [-0.2, -0.15) is 4.79 Å². The highest BCUT2D eigenvalue weighted by Gasteiger charge is 2.16. The van der Waals surface area contributed by atoms with Crippen LogP contribution in [-0.4, -0.2) is 21.8 Å². The fourth-order valence-corrected chi connectivity index (χ4v) is 1.70. The lowest BCUT2D eigenvalue weighted by atomic mass is 10.2. The number of nitrogens with one attached hydrogen (secondary N) is 1. The van der Waals surface area contributed by atoms with Gasteiger partial charge in [0, 0.05) is 10.9 Å². The second kappa shape index (κ2) is 3.69. The SMILES string of the molecule is [N-]=[N+]=CC(=O)c1[nH]c2ccccc2c1Cl. The van der Waals surface area contributed by atoms with Crippen LogP contribution in [0.25, 0.3) is 16.4 Å². The van der Waals surface area contributed by atoms with Gasteiger partial charge in [0.25, 0.3) is 5.78 Å². The number of H-pyrrole nitrogens is 1. The van der Waals surface area contributed by atoms with Crippen molar-refractivity contribution >= 4 is 34.5 Å². The molecule has 4 nitrogen and oxygen atoms in total. The molecule has 0 spiro atoms. The summed E-state index contributed by atoms with van der Waals surface area (Å²) in [5.41, 5.74) is 9.26. The molecule has 1 heterocycles. The maximum absolute atomic E-state index is 11.4. The Morgan fingerprint density at radius 1 is 1.47 bits per heavy atom. The predicted octanol–water partition coefficient (Wildman–Crippen LogP) is 2.30. The summed E-state index contributed by atoms with van der Waals surface area (Å²) >= 11 is 5.99. The number of fused-ring (bicyclic) bond motifs is 1. The third kappa shape index (κ3) is 1.56. The number of halogens is 1. The molecular weight excluding hydrogens is 214 g/mol. The number of para-hydroxylation sites is 1. The zero-order valence-electron chi connectivity index (χ0n) is 7.57. The number of nitrogens with zero attached hydrogens (tertiary/aromatic N) is 2. The lowest BCUT2D eigenvalue weighted by molar-refractivity contribution is 0.00231. The maximum atomic E-state index is 11.4. The Labute approximate surface area is 90.1 Å². The van der Waals surface area contributed by atoms with E-state index in [2.05, 4.69) is 9.77 Å². The van der Waals surface area contributed by atoms with E-state index < -0.39 is 5.78 Å². The molecule has 0 aliphatic rings. The van der Waals surface area contributed by atoms with E-state index in [9.17, 15) is 4.79 Å². The van der Waals surface area contributed by atoms with Crippen LogP contribution in [0.1, 0.15) is 10.5 Å². The Morgan fingerprint density at radius 3 is 2.87 bits per heavy atom. The Kier molecular flexibility index (Phi) is 2.37. The third-order valence-electron chi connectivity index (χ3n) is 2.06. The number of aromatic nitrogens is 1. The van der Waals surface area contributed by atoms with Crippen molar-refractivity contribution in [2.75, 3.05) is 0 Å². The smallest absolute Gasteiger partial charge is 0.329 e. The first-order chi connectivity index (χ1) is 7.24. The molecule has 1 aromatic carbocycles. The average molecular weight is 220 g/mol. The maximum Gasteiger partial charge on any atom is 0.329 e. The van der Waals surface area contributed by atoms with E-state index in [1.54, 1.807) is 6.07 Å². The summed E-state index contributed by atoms with van der Waals surface area (Å²) in [6.07, 6.45) is 0.802. The van der Waals surface area contributed by atoms with Crippen molar-refractivity contribution in [3.8, 4) is 0 Å². The van der Waals surface area contributed by atoms with Gasteiger partial charge in [-0.1, -0.05) is 29.8 Å². The standard InChI is InChI=1S/C10H6ClN3O/c11-9-6-3-1-2-4-7(6)14-10(9)8(15)5-13-12/h1-5,14H. The van der Waals surface area contributed by atoms with E-state index in [4.69, 9.17) is 17.1 Å². The first kappa shape index (κ1) is 9.65. The molecule has 0 saturated carbocycles. The number of benzene rings is 1. The highest BCUT2D eigenvalue weighted by molar-refractivity contribution is 6.44. The zero-order chi connectivity index (χ0) is 10.8. The Morgan fingerprint density at radius 2 is 2.20 bits per heavy atom. The second-order valence-corrected chi connectivity index (χ2v) is 3.35. The Balaban J connectivity index is 2.68. The first-order valence-electron chi connectivity index (χ1n) is 4.22. The molecule has 1 aromatic heterocycles. The van der Waals surface area contributed by atoms with Crippen molar-refractivity contribution in [3.63, 3.8) is 0 Å². The number of aromatic amines is 1. The van der Waals surface area contributed by atoms with Crippen LogP contribution in [-0.2, 0) is 0 Å². The van der Waals surface area contributed by atoms with Crippen LogP contribution in [0.15, 0.2) is 24.3 Å². The van der Waals surface area contributed by atoms with Gasteiger partial charge in [-0.3, -0.25) is 4.79 Å². The molecule has 5 heteroatoms. The van der Waals surface area contributed by atoms with Crippen molar-refractivity contribution in [2.24, 2.45) is 0 Å². The summed E-state index contributed by atoms with van der Waals surface area (Å²) in [6.45, 7) is 0. The molecule has 0 bridgehead atoms. The lowest BCUT2D eigenvalue weighted by Crippen LogP contribution is -2.01. The molecule has 2 aromatic rings. The molecule has 1 N–H and O–H groups in total. The lowest BCUT2D eigenvalue weighted by Gasteiger charge is -1.86. The fourth-order valence-electron chi connectivity index (χ4n) is 1.39. The molecule has 0 saturated heterocycles. The van der Waals surface area contributed by atoms with Crippen LogP contribution in [0, 0.1) is 0 Å². The normalized spacial score (nSPS) is 9.93. The topological polar surface area (TPSA) is 69.3 Å². The van der Waals surface area contributed by atoms with E-state index >= 15 is 0 Å². The fraction of sp³-hybridized carbons (Fsp3) is 0. The van der Waals surface area contributed by atoms with Crippen LogP contribution < -0.4 is 0 Å². The first-order valence-corrected chi connectivity index (χ1v) is 4.60. The molecular formula is C10H6ClN3O. The molecule has 15 heavy (non-hydrogen) atoms. The van der Waals surface area contributed by atoms with Crippen LogP contribution in [0.2, 0.25) is 5.02 Å². The average Bonchev–Trinajstić information content (AvgIpc) is 2.57. The van der Waals surface area contributed by atoms with Crippen LogP contribution in [0.3, 0.4) is 0 Å². The van der Waals surface area contributed by atoms with Gasteiger partial charge in [-0.05, 0) is 6.07 Å². The van der Waals surface area contributed by atoms with Gasteiger partial charge in [-0.15, -0.1) is 0 Å². The van der Waals surface area contributed by atoms with Crippen LogP contribution in [0.5, 0.6) is 0 Å². The Bertz CT molecular complexity index is 581. The van der Waals surface area contributed by atoms with Gasteiger partial charge in [0.15, 0.2) is 0 Å². The molecule has 0 radical (unpaired) electrons. The molecule has 74 valence electrons. The Hall–Kier alpha value is -1.90. The van der Waals surface area contributed by atoms with Crippen molar-refractivity contribution < 1.29 is 9.58 Å². The summed E-state index contributed by atoms with van der Waals surface area (Å²) < 4.78 is 0. The highest BCUT2D eigenvalue weighted by Crippen LogP contribution is 2.26.